The molecule has 0 saturated carbocycles. The van der Waals surface area contributed by atoms with Gasteiger partial charge in [-0.1, -0.05) is 18.2 Å². The van der Waals surface area contributed by atoms with Gasteiger partial charge in [-0.2, -0.15) is 4.98 Å². The summed E-state index contributed by atoms with van der Waals surface area (Å²) in [6.45, 7) is 2.54. The first-order chi connectivity index (χ1) is 19.0. The Labute approximate surface area is 225 Å². The van der Waals surface area contributed by atoms with Crippen molar-refractivity contribution in [3.8, 4) is 11.8 Å². The summed E-state index contributed by atoms with van der Waals surface area (Å²) >= 11 is 0. The topological polar surface area (TPSA) is 115 Å². The van der Waals surface area contributed by atoms with E-state index in [1.54, 1.807) is 23.5 Å². The zero-order chi connectivity index (χ0) is 26.8. The molecule has 0 aliphatic carbocycles. The number of rotatable bonds is 6. The van der Waals surface area contributed by atoms with Gasteiger partial charge in [0.2, 0.25) is 5.95 Å². The van der Waals surface area contributed by atoms with E-state index in [2.05, 4.69) is 24.8 Å². The quantitative estimate of drug-likeness (QED) is 0.401. The number of alkyl halides is 1. The summed E-state index contributed by atoms with van der Waals surface area (Å²) in [5.74, 6) is 0.522. The van der Waals surface area contributed by atoms with Crippen LogP contribution in [0, 0.1) is 0 Å². The maximum Gasteiger partial charge on any atom is 0.304 e. The van der Waals surface area contributed by atoms with Gasteiger partial charge in [-0.25, -0.2) is 19.3 Å². The van der Waals surface area contributed by atoms with Crippen LogP contribution in [0.4, 0.5) is 10.3 Å². The average Bonchev–Trinajstić information content (AvgIpc) is 3.33. The number of nitrogen functional groups attached to an aromatic ring is 1. The molecule has 2 saturated heterocycles. The van der Waals surface area contributed by atoms with E-state index in [1.165, 1.54) is 0 Å². The Kier molecular flexibility index (Phi) is 6.82. The molecule has 6 rings (SSSR count). The Morgan fingerprint density at radius 2 is 1.72 bits per heavy atom. The minimum absolute atomic E-state index is 0.0344. The molecular weight excluding hydrogens is 499 g/mol. The van der Waals surface area contributed by atoms with Crippen LogP contribution in [0.5, 0.6) is 11.8 Å². The van der Waals surface area contributed by atoms with E-state index in [4.69, 9.17) is 10.5 Å². The highest BCUT2D eigenvalue weighted by molar-refractivity contribution is 5.85. The Hall–Kier alpha value is -4.12. The summed E-state index contributed by atoms with van der Waals surface area (Å²) in [5.41, 5.74) is 6.13. The summed E-state index contributed by atoms with van der Waals surface area (Å²) in [6.07, 6.45) is 6.79. The number of hydrogen-bond acceptors (Lipinski definition) is 8. The molecule has 0 atom stereocenters. The predicted molar refractivity (Wildman–Crippen MR) is 144 cm³/mol. The van der Waals surface area contributed by atoms with Crippen LogP contribution in [0.2, 0.25) is 0 Å². The molecule has 1 amide bonds. The normalized spacial score (nSPS) is 18.3. The van der Waals surface area contributed by atoms with E-state index in [-0.39, 0.29) is 24.8 Å². The molecule has 0 spiro atoms. The van der Waals surface area contributed by atoms with Crippen molar-refractivity contribution in [2.24, 2.45) is 0 Å². The highest BCUT2D eigenvalue weighted by Gasteiger charge is 2.45. The molecule has 2 fully saturated rings. The van der Waals surface area contributed by atoms with E-state index < -0.39 is 11.6 Å². The Morgan fingerprint density at radius 1 is 1.00 bits per heavy atom. The molecule has 2 aliphatic rings. The number of amides is 1. The maximum atomic E-state index is 15.9. The van der Waals surface area contributed by atoms with Crippen molar-refractivity contribution in [2.45, 2.75) is 43.9 Å². The lowest BCUT2D eigenvalue weighted by atomic mass is 9.90. The number of nitrogens with two attached hydrogens (primary N) is 1. The molecule has 2 N–H and O–H groups in total. The van der Waals surface area contributed by atoms with Gasteiger partial charge in [-0.3, -0.25) is 14.3 Å². The highest BCUT2D eigenvalue weighted by Crippen LogP contribution is 2.36. The number of nitrogens with zero attached hydrogens (tertiary/aromatic N) is 7. The fourth-order valence-corrected chi connectivity index (χ4v) is 5.50. The molecule has 11 heteroatoms. The highest BCUT2D eigenvalue weighted by atomic mass is 19.1. The molecule has 0 radical (unpaired) electrons. The van der Waals surface area contributed by atoms with Gasteiger partial charge in [0.05, 0.1) is 0 Å². The van der Waals surface area contributed by atoms with Crippen LogP contribution < -0.4 is 10.5 Å². The molecule has 39 heavy (non-hydrogen) atoms. The third kappa shape index (κ3) is 5.26. The Bertz CT molecular complexity index is 1430. The lowest BCUT2D eigenvalue weighted by Crippen LogP contribution is -2.53. The number of likely N-dealkylation sites (tertiary alicyclic amines) is 2. The Balaban J connectivity index is 1.10. The standard InChI is InChI=1S/C28H31FN8O2/c29-28(10-15-35(16-11-28)19-20-17-32-26(30)33-18-20)25(38)36-13-8-21(9-14-36)37-24-23(7-4-12-31-24)34-27(37)39-22-5-2-1-3-6-22/h1-7,12,17-18,21H,8-11,13-16,19H2,(H2,30,32,33). The third-order valence-electron chi connectivity index (χ3n) is 7.65. The van der Waals surface area contributed by atoms with Gasteiger partial charge in [-0.15, -0.1) is 0 Å². The predicted octanol–water partition coefficient (Wildman–Crippen LogP) is 3.76. The molecule has 4 aromatic rings. The van der Waals surface area contributed by atoms with E-state index in [0.717, 1.165) is 16.7 Å². The molecule has 0 unspecified atom stereocenters. The molecule has 202 valence electrons. The van der Waals surface area contributed by atoms with Gasteiger partial charge in [0.15, 0.2) is 11.3 Å². The number of para-hydroxylation sites is 1. The minimum atomic E-state index is -1.84. The molecule has 0 bridgehead atoms. The Morgan fingerprint density at radius 3 is 2.44 bits per heavy atom. The van der Waals surface area contributed by atoms with Crippen LogP contribution in [-0.2, 0) is 11.3 Å². The second-order valence-electron chi connectivity index (χ2n) is 10.2. The van der Waals surface area contributed by atoms with Gasteiger partial charge in [0, 0.05) is 75.8 Å². The fraction of sp³-hybridized carbons (Fsp3) is 0.393. The smallest absolute Gasteiger partial charge is 0.304 e. The number of carbonyl (C=O) groups excluding carboxylic acids is 1. The van der Waals surface area contributed by atoms with Crippen LogP contribution in [0.15, 0.2) is 61.1 Å². The van der Waals surface area contributed by atoms with E-state index in [1.807, 2.05) is 47.0 Å². The molecule has 2 aliphatic heterocycles. The first-order valence-electron chi connectivity index (χ1n) is 13.3. The molecule has 3 aromatic heterocycles. The van der Waals surface area contributed by atoms with Gasteiger partial charge < -0.3 is 15.4 Å². The van der Waals surface area contributed by atoms with Crippen molar-refractivity contribution >= 4 is 23.0 Å². The number of benzene rings is 1. The van der Waals surface area contributed by atoms with Crippen molar-refractivity contribution < 1.29 is 13.9 Å². The van der Waals surface area contributed by atoms with Gasteiger partial charge in [0.25, 0.3) is 5.91 Å². The van der Waals surface area contributed by atoms with Crippen LogP contribution >= 0.6 is 0 Å². The number of halogens is 1. The number of imidazole rings is 1. The SMILES string of the molecule is Nc1ncc(CN2CCC(F)(C(=O)N3CCC(n4c(Oc5ccccc5)nc5cccnc54)CC3)CC2)cn1. The van der Waals surface area contributed by atoms with Crippen LogP contribution in [0.1, 0.15) is 37.3 Å². The van der Waals surface area contributed by atoms with Crippen molar-refractivity contribution in [1.29, 1.82) is 0 Å². The molecule has 1 aromatic carbocycles. The van der Waals surface area contributed by atoms with Gasteiger partial charge in [0.1, 0.15) is 11.3 Å². The third-order valence-corrected chi connectivity index (χ3v) is 7.65. The number of aromatic nitrogens is 5. The van der Waals surface area contributed by atoms with E-state index in [9.17, 15) is 4.79 Å². The minimum Gasteiger partial charge on any atom is -0.425 e. The van der Waals surface area contributed by atoms with Crippen LogP contribution in [0.25, 0.3) is 11.2 Å². The molecule has 5 heterocycles. The lowest BCUT2D eigenvalue weighted by Gasteiger charge is -2.40. The fourth-order valence-electron chi connectivity index (χ4n) is 5.50. The average molecular weight is 531 g/mol. The number of carbonyl (C=O) groups is 1. The number of anilines is 1. The second-order valence-corrected chi connectivity index (χ2v) is 10.2. The maximum absolute atomic E-state index is 15.9. The number of piperidine rings is 2. The van der Waals surface area contributed by atoms with E-state index in [0.29, 0.717) is 57.3 Å². The van der Waals surface area contributed by atoms with Crippen LogP contribution in [-0.4, -0.2) is 72.1 Å². The number of hydrogen-bond donors (Lipinski definition) is 1. The molecular formula is C28H31FN8O2. The zero-order valence-corrected chi connectivity index (χ0v) is 21.6. The van der Waals surface area contributed by atoms with Gasteiger partial charge >= 0.3 is 6.01 Å². The lowest BCUT2D eigenvalue weighted by molar-refractivity contribution is -0.148. The van der Waals surface area contributed by atoms with Crippen molar-refractivity contribution in [3.63, 3.8) is 0 Å². The number of ether oxygens (including phenoxy) is 1. The van der Waals surface area contributed by atoms with Crippen molar-refractivity contribution in [1.82, 2.24) is 34.3 Å². The number of pyridine rings is 1. The largest absolute Gasteiger partial charge is 0.425 e. The van der Waals surface area contributed by atoms with Crippen molar-refractivity contribution in [2.75, 3.05) is 31.9 Å². The number of fused-ring (bicyclic) bond motifs is 1. The zero-order valence-electron chi connectivity index (χ0n) is 21.6. The van der Waals surface area contributed by atoms with Crippen molar-refractivity contribution in [3.05, 3.63) is 66.6 Å². The van der Waals surface area contributed by atoms with E-state index >= 15 is 4.39 Å². The second kappa shape index (κ2) is 10.6. The molecule has 10 nitrogen and oxygen atoms in total. The monoisotopic (exact) mass is 530 g/mol. The first-order valence-corrected chi connectivity index (χ1v) is 13.3. The van der Waals surface area contributed by atoms with Gasteiger partial charge in [-0.05, 0) is 37.1 Å². The summed E-state index contributed by atoms with van der Waals surface area (Å²) in [5, 5.41) is 0. The first kappa shape index (κ1) is 25.2. The summed E-state index contributed by atoms with van der Waals surface area (Å²) in [4.78, 5) is 34.4. The van der Waals surface area contributed by atoms with Crippen LogP contribution in [0.3, 0.4) is 0 Å². The summed E-state index contributed by atoms with van der Waals surface area (Å²) in [7, 11) is 0. The summed E-state index contributed by atoms with van der Waals surface area (Å²) < 4.78 is 24.1. The summed E-state index contributed by atoms with van der Waals surface area (Å²) in [6, 6.07) is 13.8.